The van der Waals surface area contributed by atoms with Crippen LogP contribution < -0.4 is 4.74 Å². The van der Waals surface area contributed by atoms with Crippen LogP contribution in [0.25, 0.3) is 0 Å². The Kier molecular flexibility index (Phi) is 4.22. The van der Waals surface area contributed by atoms with Crippen molar-refractivity contribution < 1.29 is 19.7 Å². The zero-order valence-corrected chi connectivity index (χ0v) is 11.3. The van der Waals surface area contributed by atoms with Crippen LogP contribution >= 0.6 is 0 Å². The number of carbonyl (C=O) groups excluding carboxylic acids is 1. The Morgan fingerprint density at radius 2 is 1.83 bits per heavy atom. The number of rotatable bonds is 4. The van der Waals surface area contributed by atoms with E-state index < -0.39 is 5.60 Å². The van der Waals surface area contributed by atoms with Gasteiger partial charge in [-0.1, -0.05) is 13.0 Å². The average Bonchev–Trinajstić information content (AvgIpc) is 2.27. The lowest BCUT2D eigenvalue weighted by Gasteiger charge is -2.22. The van der Waals surface area contributed by atoms with Crippen molar-refractivity contribution in [2.75, 3.05) is 0 Å². The minimum atomic E-state index is -0.468. The van der Waals surface area contributed by atoms with E-state index in [0.717, 1.165) is 0 Å². The molecule has 0 spiro atoms. The molecule has 1 aromatic carbocycles. The molecule has 1 aromatic rings. The van der Waals surface area contributed by atoms with Gasteiger partial charge in [0.15, 0.2) is 11.5 Å². The summed E-state index contributed by atoms with van der Waals surface area (Å²) >= 11 is 0. The quantitative estimate of drug-likeness (QED) is 0.809. The zero-order valence-electron chi connectivity index (χ0n) is 11.3. The molecule has 0 bridgehead atoms. The standard InChI is InChI=1S/C14H20O4/c1-5-10(15)8-9-6-7-11(13(17)12(9)16)18-14(2,3)4/h6-7,16-17H,5,8H2,1-4H3. The molecule has 4 heteroatoms. The van der Waals surface area contributed by atoms with E-state index in [2.05, 4.69) is 0 Å². The number of ketones is 1. The molecule has 0 aliphatic heterocycles. The number of hydrogen-bond donors (Lipinski definition) is 2. The van der Waals surface area contributed by atoms with Gasteiger partial charge in [-0.2, -0.15) is 0 Å². The van der Waals surface area contributed by atoms with E-state index in [0.29, 0.717) is 12.0 Å². The van der Waals surface area contributed by atoms with Crippen LogP contribution in [0, 0.1) is 0 Å². The molecule has 1 rings (SSSR count). The van der Waals surface area contributed by atoms with Crippen molar-refractivity contribution in [1.29, 1.82) is 0 Å². The van der Waals surface area contributed by atoms with Crippen molar-refractivity contribution in [1.82, 2.24) is 0 Å². The van der Waals surface area contributed by atoms with Crippen LogP contribution in [-0.4, -0.2) is 21.6 Å². The van der Waals surface area contributed by atoms with Crippen LogP contribution in [0.3, 0.4) is 0 Å². The van der Waals surface area contributed by atoms with Gasteiger partial charge in [-0.25, -0.2) is 0 Å². The Bertz CT molecular complexity index is 444. The van der Waals surface area contributed by atoms with Crippen LogP contribution in [0.2, 0.25) is 0 Å². The molecule has 0 aromatic heterocycles. The lowest BCUT2D eigenvalue weighted by atomic mass is 10.1. The first-order chi connectivity index (χ1) is 8.24. The van der Waals surface area contributed by atoms with Crippen LogP contribution in [-0.2, 0) is 11.2 Å². The number of aromatic hydroxyl groups is 2. The highest BCUT2D eigenvalue weighted by atomic mass is 16.5. The van der Waals surface area contributed by atoms with Gasteiger partial charge >= 0.3 is 0 Å². The molecule has 0 saturated carbocycles. The summed E-state index contributed by atoms with van der Waals surface area (Å²) in [6.07, 6.45) is 0.520. The Morgan fingerprint density at radius 3 is 2.33 bits per heavy atom. The highest BCUT2D eigenvalue weighted by Crippen LogP contribution is 2.39. The molecule has 0 amide bonds. The highest BCUT2D eigenvalue weighted by Gasteiger charge is 2.19. The molecule has 4 nitrogen and oxygen atoms in total. The zero-order chi connectivity index (χ0) is 13.9. The van der Waals surface area contributed by atoms with Crippen LogP contribution in [0.4, 0.5) is 0 Å². The van der Waals surface area contributed by atoms with Gasteiger partial charge in [0, 0.05) is 18.4 Å². The van der Waals surface area contributed by atoms with Crippen molar-refractivity contribution in [2.45, 2.75) is 46.1 Å². The van der Waals surface area contributed by atoms with Crippen molar-refractivity contribution in [2.24, 2.45) is 0 Å². The van der Waals surface area contributed by atoms with Crippen LogP contribution in [0.5, 0.6) is 17.2 Å². The van der Waals surface area contributed by atoms with Gasteiger partial charge in [0.25, 0.3) is 0 Å². The number of benzene rings is 1. The van der Waals surface area contributed by atoms with Crippen molar-refractivity contribution in [3.8, 4) is 17.2 Å². The minimum absolute atomic E-state index is 0.00851. The Hall–Kier alpha value is -1.71. The van der Waals surface area contributed by atoms with E-state index in [-0.39, 0.29) is 29.5 Å². The van der Waals surface area contributed by atoms with E-state index in [9.17, 15) is 15.0 Å². The smallest absolute Gasteiger partial charge is 0.200 e. The number of carbonyl (C=O) groups is 1. The second kappa shape index (κ2) is 5.29. The van der Waals surface area contributed by atoms with E-state index in [4.69, 9.17) is 4.74 Å². The van der Waals surface area contributed by atoms with E-state index in [1.54, 1.807) is 19.1 Å². The van der Waals surface area contributed by atoms with Gasteiger partial charge in [-0.3, -0.25) is 4.79 Å². The van der Waals surface area contributed by atoms with Crippen LogP contribution in [0.1, 0.15) is 39.7 Å². The van der Waals surface area contributed by atoms with Crippen molar-refractivity contribution >= 4 is 5.78 Å². The summed E-state index contributed by atoms with van der Waals surface area (Å²) < 4.78 is 5.50. The molecule has 2 N–H and O–H groups in total. The van der Waals surface area contributed by atoms with Crippen molar-refractivity contribution in [3.63, 3.8) is 0 Å². The van der Waals surface area contributed by atoms with Gasteiger partial charge in [0.05, 0.1) is 0 Å². The van der Waals surface area contributed by atoms with Gasteiger partial charge in [0.1, 0.15) is 11.4 Å². The summed E-state index contributed by atoms with van der Waals surface area (Å²) in [4.78, 5) is 11.3. The fraction of sp³-hybridized carbons (Fsp3) is 0.500. The predicted octanol–water partition coefficient (Wildman–Crippen LogP) is 2.80. The number of hydrogen-bond acceptors (Lipinski definition) is 4. The normalized spacial score (nSPS) is 11.3. The number of phenolic OH excluding ortho intramolecular Hbond substituents is 2. The molecule has 0 aliphatic rings. The van der Waals surface area contributed by atoms with Crippen LogP contribution in [0.15, 0.2) is 12.1 Å². The first kappa shape index (κ1) is 14.4. The summed E-state index contributed by atoms with van der Waals surface area (Å²) in [5.41, 5.74) is -0.0504. The number of ether oxygens (including phenoxy) is 1. The predicted molar refractivity (Wildman–Crippen MR) is 69.2 cm³/mol. The van der Waals surface area contributed by atoms with Crippen molar-refractivity contribution in [3.05, 3.63) is 17.7 Å². The monoisotopic (exact) mass is 252 g/mol. The molecule has 0 aliphatic carbocycles. The molecule has 18 heavy (non-hydrogen) atoms. The second-order valence-corrected chi connectivity index (χ2v) is 5.20. The van der Waals surface area contributed by atoms with Gasteiger partial charge < -0.3 is 14.9 Å². The van der Waals surface area contributed by atoms with E-state index in [1.807, 2.05) is 20.8 Å². The fourth-order valence-corrected chi connectivity index (χ4v) is 1.50. The molecular weight excluding hydrogens is 232 g/mol. The maximum absolute atomic E-state index is 11.3. The summed E-state index contributed by atoms with van der Waals surface area (Å²) in [6.45, 7) is 7.30. The fourth-order valence-electron chi connectivity index (χ4n) is 1.50. The largest absolute Gasteiger partial charge is 0.504 e. The second-order valence-electron chi connectivity index (χ2n) is 5.20. The summed E-state index contributed by atoms with van der Waals surface area (Å²) in [6, 6.07) is 3.17. The number of phenols is 2. The first-order valence-electron chi connectivity index (χ1n) is 5.99. The van der Waals surface area contributed by atoms with E-state index >= 15 is 0 Å². The molecule has 0 radical (unpaired) electrons. The molecule has 0 saturated heterocycles. The Balaban J connectivity index is 3.02. The average molecular weight is 252 g/mol. The molecule has 0 atom stereocenters. The minimum Gasteiger partial charge on any atom is -0.504 e. The van der Waals surface area contributed by atoms with Gasteiger partial charge in [-0.05, 0) is 26.8 Å². The molecular formula is C14H20O4. The highest BCUT2D eigenvalue weighted by molar-refractivity contribution is 5.81. The lowest BCUT2D eigenvalue weighted by molar-refractivity contribution is -0.118. The topological polar surface area (TPSA) is 66.8 Å². The van der Waals surface area contributed by atoms with Gasteiger partial charge in [-0.15, -0.1) is 0 Å². The van der Waals surface area contributed by atoms with Gasteiger partial charge in [0.2, 0.25) is 5.75 Å². The maximum atomic E-state index is 11.3. The third-order valence-electron chi connectivity index (χ3n) is 2.40. The SMILES string of the molecule is CCC(=O)Cc1ccc(OC(C)(C)C)c(O)c1O. The lowest BCUT2D eigenvalue weighted by Crippen LogP contribution is -2.23. The Morgan fingerprint density at radius 1 is 1.22 bits per heavy atom. The Labute approximate surface area is 107 Å². The third kappa shape index (κ3) is 3.65. The molecule has 0 unspecified atom stereocenters. The molecule has 100 valence electrons. The summed E-state index contributed by atoms with van der Waals surface area (Å²) in [5.74, 6) is -0.369. The number of Topliss-reactive ketones (excluding diaryl/α,β-unsaturated/α-hetero) is 1. The summed E-state index contributed by atoms with van der Waals surface area (Å²) in [5, 5.41) is 19.7. The maximum Gasteiger partial charge on any atom is 0.200 e. The first-order valence-corrected chi connectivity index (χ1v) is 5.99. The summed E-state index contributed by atoms with van der Waals surface area (Å²) in [7, 11) is 0. The molecule has 0 fully saturated rings. The molecule has 0 heterocycles. The van der Waals surface area contributed by atoms with E-state index in [1.165, 1.54) is 0 Å². The third-order valence-corrected chi connectivity index (χ3v) is 2.40.